The van der Waals surface area contributed by atoms with Crippen molar-refractivity contribution in [3.63, 3.8) is 0 Å². The summed E-state index contributed by atoms with van der Waals surface area (Å²) < 4.78 is 15.7. The molecule has 0 fully saturated rings. The molecule has 2 heterocycles. The van der Waals surface area contributed by atoms with Crippen molar-refractivity contribution in [2.75, 3.05) is 11.4 Å². The van der Waals surface area contributed by atoms with Gasteiger partial charge in [-0.25, -0.2) is 9.07 Å². The van der Waals surface area contributed by atoms with Gasteiger partial charge in [-0.15, -0.1) is 0 Å². The zero-order valence-corrected chi connectivity index (χ0v) is 16.0. The Morgan fingerprint density at radius 2 is 1.97 bits per heavy atom. The van der Waals surface area contributed by atoms with E-state index in [9.17, 15) is 24.1 Å². The molecule has 1 amide bonds. The number of rotatable bonds is 3. The highest BCUT2D eigenvalue weighted by molar-refractivity contribution is 6.05. The molecule has 0 N–H and O–H groups in total. The topological polar surface area (TPSA) is 98.3 Å². The second-order valence-electron chi connectivity index (χ2n) is 6.96. The molecule has 2 aromatic carbocycles. The van der Waals surface area contributed by atoms with Gasteiger partial charge >= 0.3 is 0 Å². The third kappa shape index (κ3) is 3.24. The number of hydrogen-bond donors (Lipinski definition) is 0. The Bertz CT molecular complexity index is 1240. The third-order valence-electron chi connectivity index (χ3n) is 5.03. The van der Waals surface area contributed by atoms with E-state index in [0.717, 1.165) is 0 Å². The van der Waals surface area contributed by atoms with Gasteiger partial charge in [-0.1, -0.05) is 24.3 Å². The van der Waals surface area contributed by atoms with Gasteiger partial charge in [-0.2, -0.15) is 5.10 Å². The van der Waals surface area contributed by atoms with Crippen LogP contribution in [0, 0.1) is 22.9 Å². The minimum Gasteiger partial charge on any atom is -0.304 e. The van der Waals surface area contributed by atoms with Crippen LogP contribution in [0.15, 0.2) is 53.3 Å². The number of hydrogen-bond acceptors (Lipinski definition) is 5. The van der Waals surface area contributed by atoms with Crippen molar-refractivity contribution in [3.05, 3.63) is 91.6 Å². The molecule has 0 bridgehead atoms. The lowest BCUT2D eigenvalue weighted by Crippen LogP contribution is -2.40. The summed E-state index contributed by atoms with van der Waals surface area (Å²) in [5.41, 5.74) is 0.0130. The Morgan fingerprint density at radius 1 is 1.20 bits per heavy atom. The number of halogens is 1. The van der Waals surface area contributed by atoms with Crippen molar-refractivity contribution in [1.29, 1.82) is 0 Å². The van der Waals surface area contributed by atoms with Crippen LogP contribution in [-0.4, -0.2) is 27.2 Å². The Morgan fingerprint density at radius 3 is 2.73 bits per heavy atom. The minimum atomic E-state index is -0.738. The predicted molar refractivity (Wildman–Crippen MR) is 108 cm³/mol. The zero-order chi connectivity index (χ0) is 21.4. The Labute approximate surface area is 170 Å². The van der Waals surface area contributed by atoms with Gasteiger partial charge in [0.2, 0.25) is 5.43 Å². The first-order valence-electron chi connectivity index (χ1n) is 9.32. The predicted octanol–water partition coefficient (Wildman–Crippen LogP) is 3.18. The Hall–Kier alpha value is -3.88. The molecule has 9 heteroatoms. The molecule has 0 unspecified atom stereocenters. The SMILES string of the molecule is Cc1cc(=O)c(C(=O)N2CCCc3cccc(F)c32)nn1-c1ccccc1[N+](=O)[O-]. The maximum atomic E-state index is 14.5. The van der Waals surface area contributed by atoms with Gasteiger partial charge in [0.25, 0.3) is 11.6 Å². The number of nitro benzene ring substituents is 1. The average Bonchev–Trinajstić information content (AvgIpc) is 2.73. The van der Waals surface area contributed by atoms with Crippen LogP contribution in [0.5, 0.6) is 0 Å². The number of carbonyl (C=O) groups excluding carboxylic acids is 1. The number of carbonyl (C=O) groups is 1. The lowest BCUT2D eigenvalue weighted by atomic mass is 10.0. The van der Waals surface area contributed by atoms with Crippen LogP contribution < -0.4 is 10.3 Å². The van der Waals surface area contributed by atoms with Crippen molar-refractivity contribution in [3.8, 4) is 5.69 Å². The largest absolute Gasteiger partial charge is 0.304 e. The highest BCUT2D eigenvalue weighted by atomic mass is 19.1. The summed E-state index contributed by atoms with van der Waals surface area (Å²) in [6.45, 7) is 1.81. The molecule has 3 aromatic rings. The van der Waals surface area contributed by atoms with Crippen molar-refractivity contribution in [2.24, 2.45) is 0 Å². The van der Waals surface area contributed by atoms with Gasteiger partial charge < -0.3 is 4.90 Å². The maximum absolute atomic E-state index is 14.5. The molecule has 1 aliphatic rings. The van der Waals surface area contributed by atoms with Crippen LogP contribution in [0.3, 0.4) is 0 Å². The second-order valence-corrected chi connectivity index (χ2v) is 6.96. The number of nitro groups is 1. The summed E-state index contributed by atoms with van der Waals surface area (Å²) in [4.78, 5) is 37.8. The highest BCUT2D eigenvalue weighted by Gasteiger charge is 2.29. The fourth-order valence-corrected chi connectivity index (χ4v) is 3.67. The van der Waals surface area contributed by atoms with Crippen molar-refractivity contribution < 1.29 is 14.1 Å². The number of aromatic nitrogens is 2. The van der Waals surface area contributed by atoms with Crippen LogP contribution in [0.1, 0.15) is 28.2 Å². The molecule has 0 radical (unpaired) electrons. The number of para-hydroxylation sites is 3. The Balaban J connectivity index is 1.85. The second kappa shape index (κ2) is 7.51. The first kappa shape index (κ1) is 19.4. The molecule has 1 aromatic heterocycles. The number of nitrogens with zero attached hydrogens (tertiary/aromatic N) is 4. The normalized spacial score (nSPS) is 13.1. The number of amides is 1. The van der Waals surface area contributed by atoms with E-state index in [2.05, 4.69) is 5.10 Å². The van der Waals surface area contributed by atoms with E-state index in [1.807, 2.05) is 0 Å². The molecule has 0 aliphatic carbocycles. The van der Waals surface area contributed by atoms with E-state index in [4.69, 9.17) is 0 Å². The first-order valence-corrected chi connectivity index (χ1v) is 9.32. The van der Waals surface area contributed by atoms with Crippen LogP contribution >= 0.6 is 0 Å². The van der Waals surface area contributed by atoms with E-state index in [1.54, 1.807) is 25.1 Å². The fraction of sp³-hybridized carbons (Fsp3) is 0.190. The van der Waals surface area contributed by atoms with Gasteiger partial charge in [0, 0.05) is 24.4 Å². The summed E-state index contributed by atoms with van der Waals surface area (Å²) in [7, 11) is 0. The number of aryl methyl sites for hydroxylation is 2. The first-order chi connectivity index (χ1) is 14.4. The van der Waals surface area contributed by atoms with Crippen LogP contribution in [0.4, 0.5) is 15.8 Å². The lowest BCUT2D eigenvalue weighted by molar-refractivity contribution is -0.384. The zero-order valence-electron chi connectivity index (χ0n) is 16.0. The molecule has 0 atom stereocenters. The van der Waals surface area contributed by atoms with E-state index < -0.39 is 27.8 Å². The van der Waals surface area contributed by atoms with E-state index in [1.165, 1.54) is 39.9 Å². The molecule has 8 nitrogen and oxygen atoms in total. The van der Waals surface area contributed by atoms with Gasteiger partial charge in [-0.3, -0.25) is 19.7 Å². The monoisotopic (exact) mass is 408 g/mol. The number of fused-ring (bicyclic) bond motifs is 1. The quantitative estimate of drug-likeness (QED) is 0.490. The molecule has 152 valence electrons. The minimum absolute atomic E-state index is 0.124. The molecule has 0 spiro atoms. The molecule has 0 saturated heterocycles. The maximum Gasteiger partial charge on any atom is 0.294 e. The summed E-state index contributed by atoms with van der Waals surface area (Å²) in [6.07, 6.45) is 1.24. The summed E-state index contributed by atoms with van der Waals surface area (Å²) in [6, 6.07) is 11.7. The van der Waals surface area contributed by atoms with Gasteiger partial charge in [0.15, 0.2) is 5.69 Å². The van der Waals surface area contributed by atoms with Gasteiger partial charge in [-0.05, 0) is 37.5 Å². The molecule has 0 saturated carbocycles. The fourth-order valence-electron chi connectivity index (χ4n) is 3.67. The van der Waals surface area contributed by atoms with Crippen LogP contribution in [0.25, 0.3) is 5.69 Å². The van der Waals surface area contributed by atoms with Crippen LogP contribution in [0.2, 0.25) is 0 Å². The average molecular weight is 408 g/mol. The van der Waals surface area contributed by atoms with E-state index in [0.29, 0.717) is 24.1 Å². The van der Waals surface area contributed by atoms with Crippen molar-refractivity contribution in [1.82, 2.24) is 9.78 Å². The van der Waals surface area contributed by atoms with E-state index in [-0.39, 0.29) is 23.6 Å². The summed E-state index contributed by atoms with van der Waals surface area (Å²) >= 11 is 0. The Kier molecular flexibility index (Phi) is 4.86. The van der Waals surface area contributed by atoms with E-state index >= 15 is 0 Å². The van der Waals surface area contributed by atoms with Crippen molar-refractivity contribution >= 4 is 17.3 Å². The molecule has 30 heavy (non-hydrogen) atoms. The van der Waals surface area contributed by atoms with Crippen LogP contribution in [-0.2, 0) is 6.42 Å². The summed E-state index contributed by atoms with van der Waals surface area (Å²) in [5.74, 6) is -1.29. The lowest BCUT2D eigenvalue weighted by Gasteiger charge is -2.29. The molecule has 1 aliphatic heterocycles. The number of anilines is 1. The molecular formula is C21H17FN4O4. The highest BCUT2D eigenvalue weighted by Crippen LogP contribution is 2.31. The molecular weight excluding hydrogens is 391 g/mol. The molecule has 4 rings (SSSR count). The standard InChI is InChI=1S/C21H17FN4O4/c1-13-12-18(27)19(23-25(13)16-9-2-3-10-17(16)26(29)30)21(28)24-11-5-7-14-6-4-8-15(22)20(14)24/h2-4,6,8-10,12H,5,7,11H2,1H3. The summed E-state index contributed by atoms with van der Waals surface area (Å²) in [5, 5.41) is 15.5. The smallest absolute Gasteiger partial charge is 0.294 e. The van der Waals surface area contributed by atoms with Crippen molar-refractivity contribution in [2.45, 2.75) is 19.8 Å². The number of benzene rings is 2. The van der Waals surface area contributed by atoms with Gasteiger partial charge in [0.1, 0.15) is 11.5 Å². The third-order valence-corrected chi connectivity index (χ3v) is 5.03. The van der Waals surface area contributed by atoms with Gasteiger partial charge in [0.05, 0.1) is 10.6 Å².